The zero-order valence-corrected chi connectivity index (χ0v) is 14.2. The lowest BCUT2D eigenvalue weighted by Crippen LogP contribution is -2.22. The quantitative estimate of drug-likeness (QED) is 0.906. The molecule has 1 aliphatic heterocycles. The van der Waals surface area contributed by atoms with Gasteiger partial charge in [0.1, 0.15) is 5.75 Å². The number of hydrogen-bond acceptors (Lipinski definition) is 3. The van der Waals surface area contributed by atoms with Crippen molar-refractivity contribution in [3.8, 4) is 5.75 Å². The van der Waals surface area contributed by atoms with Crippen LogP contribution in [-0.4, -0.2) is 28.8 Å². The average Bonchev–Trinajstić information content (AvgIpc) is 3.33. The predicted molar refractivity (Wildman–Crippen MR) is 91.7 cm³/mol. The Kier molecular flexibility index (Phi) is 4.19. The molecule has 1 amide bonds. The van der Waals surface area contributed by atoms with E-state index in [0.29, 0.717) is 29.6 Å². The zero-order valence-electron chi connectivity index (χ0n) is 13.4. The van der Waals surface area contributed by atoms with E-state index in [0.717, 1.165) is 36.5 Å². The number of ether oxygens (including phenoxy) is 1. The Morgan fingerprint density at radius 2 is 2.25 bits per heavy atom. The minimum atomic E-state index is -0.0370. The summed E-state index contributed by atoms with van der Waals surface area (Å²) in [4.78, 5) is 12.1. The molecule has 0 atom stereocenters. The highest BCUT2D eigenvalue weighted by molar-refractivity contribution is 6.30. The molecular formula is C18H20ClN3O2. The van der Waals surface area contributed by atoms with Crippen molar-refractivity contribution in [2.75, 3.05) is 13.2 Å². The standard InChI is InChI=1S/C18H20ClN3O2/c19-14-5-6-17(24-11-12-3-4-12)13(8-14)9-22-10-15-16(21-22)2-1-7-20-18(15)23/h5-6,8,10,12H,1-4,7,9,11H2,(H,20,23). The summed E-state index contributed by atoms with van der Waals surface area (Å²) in [5, 5.41) is 8.17. The van der Waals surface area contributed by atoms with Gasteiger partial charge in [0.25, 0.3) is 5.91 Å². The second-order valence-electron chi connectivity index (χ2n) is 6.55. The Labute approximate surface area is 145 Å². The van der Waals surface area contributed by atoms with Crippen LogP contribution in [-0.2, 0) is 13.0 Å². The molecule has 0 saturated heterocycles. The topological polar surface area (TPSA) is 56.2 Å². The van der Waals surface area contributed by atoms with Gasteiger partial charge in [0, 0.05) is 23.3 Å². The van der Waals surface area contributed by atoms with Crippen molar-refractivity contribution in [1.82, 2.24) is 15.1 Å². The SMILES string of the molecule is O=C1NCCCc2nn(Cc3cc(Cl)ccc3OCC3CC3)cc21. The molecule has 0 spiro atoms. The Balaban J connectivity index is 1.57. The second-order valence-corrected chi connectivity index (χ2v) is 6.99. The molecule has 0 bridgehead atoms. The van der Waals surface area contributed by atoms with E-state index in [1.165, 1.54) is 12.8 Å². The molecule has 2 aromatic rings. The lowest BCUT2D eigenvalue weighted by Gasteiger charge is -2.12. The van der Waals surface area contributed by atoms with E-state index in [4.69, 9.17) is 16.3 Å². The molecule has 1 saturated carbocycles. The van der Waals surface area contributed by atoms with Crippen LogP contribution in [0.1, 0.15) is 40.9 Å². The van der Waals surface area contributed by atoms with Gasteiger partial charge in [0.05, 0.1) is 24.4 Å². The molecule has 1 aromatic carbocycles. The van der Waals surface area contributed by atoms with Gasteiger partial charge >= 0.3 is 0 Å². The molecule has 4 rings (SSSR count). The van der Waals surface area contributed by atoms with Crippen LogP contribution in [0.5, 0.6) is 5.75 Å². The summed E-state index contributed by atoms with van der Waals surface area (Å²) in [6.07, 6.45) is 6.07. The Bertz CT molecular complexity index is 768. The van der Waals surface area contributed by atoms with Crippen LogP contribution in [0.25, 0.3) is 0 Å². The van der Waals surface area contributed by atoms with E-state index in [1.807, 2.05) is 29.1 Å². The van der Waals surface area contributed by atoms with E-state index in [1.54, 1.807) is 0 Å². The van der Waals surface area contributed by atoms with Crippen LogP contribution in [0, 0.1) is 5.92 Å². The number of carbonyl (C=O) groups is 1. The van der Waals surface area contributed by atoms with Crippen LogP contribution >= 0.6 is 11.6 Å². The summed E-state index contributed by atoms with van der Waals surface area (Å²) >= 11 is 6.15. The van der Waals surface area contributed by atoms with Crippen LogP contribution in [0.4, 0.5) is 0 Å². The van der Waals surface area contributed by atoms with Crippen molar-refractivity contribution in [3.05, 3.63) is 46.2 Å². The number of rotatable bonds is 5. The molecule has 24 heavy (non-hydrogen) atoms. The number of halogens is 1. The minimum absolute atomic E-state index is 0.0370. The van der Waals surface area contributed by atoms with Gasteiger partial charge in [0.15, 0.2) is 0 Å². The summed E-state index contributed by atoms with van der Waals surface area (Å²) < 4.78 is 7.76. The molecule has 5 nitrogen and oxygen atoms in total. The van der Waals surface area contributed by atoms with Crippen LogP contribution in [0.2, 0.25) is 5.02 Å². The molecule has 0 radical (unpaired) electrons. The van der Waals surface area contributed by atoms with Gasteiger partial charge in [-0.1, -0.05) is 11.6 Å². The molecular weight excluding hydrogens is 326 g/mol. The molecule has 1 aromatic heterocycles. The van der Waals surface area contributed by atoms with Gasteiger partial charge in [-0.25, -0.2) is 0 Å². The number of benzene rings is 1. The summed E-state index contributed by atoms with van der Waals surface area (Å²) in [6.45, 7) is 2.01. The van der Waals surface area contributed by atoms with Crippen LogP contribution < -0.4 is 10.1 Å². The maximum atomic E-state index is 12.1. The number of hydrogen-bond donors (Lipinski definition) is 1. The lowest BCUT2D eigenvalue weighted by atomic mass is 10.2. The smallest absolute Gasteiger partial charge is 0.254 e. The predicted octanol–water partition coefficient (Wildman–Crippen LogP) is 3.05. The molecule has 126 valence electrons. The zero-order chi connectivity index (χ0) is 16.5. The highest BCUT2D eigenvalue weighted by Crippen LogP contribution is 2.31. The number of fused-ring (bicyclic) bond motifs is 1. The van der Waals surface area contributed by atoms with Crippen molar-refractivity contribution in [3.63, 3.8) is 0 Å². The van der Waals surface area contributed by atoms with Gasteiger partial charge in [-0.3, -0.25) is 9.48 Å². The summed E-state index contributed by atoms with van der Waals surface area (Å²) in [7, 11) is 0. The first-order valence-corrected chi connectivity index (χ1v) is 8.82. The first-order valence-electron chi connectivity index (χ1n) is 8.45. The Morgan fingerprint density at radius 1 is 1.38 bits per heavy atom. The van der Waals surface area contributed by atoms with Crippen LogP contribution in [0.3, 0.4) is 0 Å². The number of nitrogens with zero attached hydrogens (tertiary/aromatic N) is 2. The van der Waals surface area contributed by atoms with Gasteiger partial charge in [0.2, 0.25) is 0 Å². The fourth-order valence-electron chi connectivity index (χ4n) is 2.95. The van der Waals surface area contributed by atoms with Crippen molar-refractivity contribution >= 4 is 17.5 Å². The summed E-state index contributed by atoms with van der Waals surface area (Å²) in [5.74, 6) is 1.50. The number of carbonyl (C=O) groups excluding carboxylic acids is 1. The molecule has 2 aliphatic rings. The largest absolute Gasteiger partial charge is 0.493 e. The molecule has 1 fully saturated rings. The molecule has 1 N–H and O–H groups in total. The van der Waals surface area contributed by atoms with Crippen molar-refractivity contribution in [2.24, 2.45) is 5.92 Å². The van der Waals surface area contributed by atoms with Gasteiger partial charge < -0.3 is 10.1 Å². The van der Waals surface area contributed by atoms with E-state index in [2.05, 4.69) is 10.4 Å². The van der Waals surface area contributed by atoms with Gasteiger partial charge in [-0.05, 0) is 49.8 Å². The van der Waals surface area contributed by atoms with E-state index >= 15 is 0 Å². The van der Waals surface area contributed by atoms with Crippen LogP contribution in [0.15, 0.2) is 24.4 Å². The Hall–Kier alpha value is -2.01. The monoisotopic (exact) mass is 345 g/mol. The molecule has 0 unspecified atom stereocenters. The van der Waals surface area contributed by atoms with Gasteiger partial charge in [-0.2, -0.15) is 5.10 Å². The normalized spacial score (nSPS) is 17.1. The molecule has 6 heteroatoms. The Morgan fingerprint density at radius 3 is 3.08 bits per heavy atom. The van der Waals surface area contributed by atoms with E-state index in [-0.39, 0.29) is 5.91 Å². The number of nitrogens with one attached hydrogen (secondary N) is 1. The van der Waals surface area contributed by atoms with Gasteiger partial charge in [-0.15, -0.1) is 0 Å². The maximum absolute atomic E-state index is 12.1. The number of amides is 1. The first-order chi connectivity index (χ1) is 11.7. The first kappa shape index (κ1) is 15.5. The minimum Gasteiger partial charge on any atom is -0.493 e. The van der Waals surface area contributed by atoms with Crippen molar-refractivity contribution in [1.29, 1.82) is 0 Å². The maximum Gasteiger partial charge on any atom is 0.254 e. The fourth-order valence-corrected chi connectivity index (χ4v) is 3.14. The highest BCUT2D eigenvalue weighted by Gasteiger charge is 2.23. The summed E-state index contributed by atoms with van der Waals surface area (Å²) in [6, 6.07) is 5.68. The average molecular weight is 346 g/mol. The van der Waals surface area contributed by atoms with E-state index < -0.39 is 0 Å². The number of aryl methyl sites for hydroxylation is 1. The third-order valence-corrected chi connectivity index (χ3v) is 4.72. The summed E-state index contributed by atoms with van der Waals surface area (Å²) in [5.41, 5.74) is 2.53. The third kappa shape index (κ3) is 3.41. The van der Waals surface area contributed by atoms with Crippen molar-refractivity contribution < 1.29 is 9.53 Å². The fraction of sp³-hybridized carbons (Fsp3) is 0.444. The molecule has 1 aliphatic carbocycles. The number of aromatic nitrogens is 2. The second kappa shape index (κ2) is 6.48. The third-order valence-electron chi connectivity index (χ3n) is 4.49. The molecule has 2 heterocycles. The van der Waals surface area contributed by atoms with Crippen molar-refractivity contribution in [2.45, 2.75) is 32.2 Å². The lowest BCUT2D eigenvalue weighted by molar-refractivity contribution is 0.0956. The van der Waals surface area contributed by atoms with E-state index in [9.17, 15) is 4.79 Å². The highest BCUT2D eigenvalue weighted by atomic mass is 35.5.